The Balaban J connectivity index is 1.73. The fourth-order valence-electron chi connectivity index (χ4n) is 6.79. The van der Waals surface area contributed by atoms with Crippen LogP contribution in [0.3, 0.4) is 0 Å². The standard InChI is InChI=1S/C22H32O5/c1-12-7-6-9-21(3,4)15-8-10-22(5,17(12)15)18-14-11-16(24)26-19(14)27-20(18)25-13(2)23/h14-15,17-20H,1,6-11H2,2-5H3/t14-,15?,17?,18+,19+,20+,22-/m1/s1. The lowest BCUT2D eigenvalue weighted by atomic mass is 9.59. The van der Waals surface area contributed by atoms with Crippen LogP contribution in [0.1, 0.15) is 66.2 Å². The van der Waals surface area contributed by atoms with Gasteiger partial charge >= 0.3 is 11.9 Å². The number of carbonyl (C=O) groups is 2. The quantitative estimate of drug-likeness (QED) is 0.534. The Morgan fingerprint density at radius 1 is 1.26 bits per heavy atom. The van der Waals surface area contributed by atoms with Gasteiger partial charge < -0.3 is 14.2 Å². The van der Waals surface area contributed by atoms with Crippen LogP contribution in [0.4, 0.5) is 0 Å². The summed E-state index contributed by atoms with van der Waals surface area (Å²) in [4.78, 5) is 23.7. The summed E-state index contributed by atoms with van der Waals surface area (Å²) in [6.07, 6.45) is 4.73. The molecule has 4 rings (SSSR count). The molecule has 2 aliphatic carbocycles. The number of hydrogen-bond donors (Lipinski definition) is 0. The average Bonchev–Trinajstić information content (AvgIpc) is 3.14. The van der Waals surface area contributed by atoms with E-state index in [1.165, 1.54) is 25.3 Å². The normalized spacial score (nSPS) is 45.8. The molecule has 2 saturated carbocycles. The highest BCUT2D eigenvalue weighted by Gasteiger charge is 2.64. The van der Waals surface area contributed by atoms with Gasteiger partial charge in [-0.25, -0.2) is 0 Å². The summed E-state index contributed by atoms with van der Waals surface area (Å²) in [5.41, 5.74) is 1.47. The van der Waals surface area contributed by atoms with E-state index in [1.54, 1.807) is 0 Å². The Kier molecular flexibility index (Phi) is 4.45. The monoisotopic (exact) mass is 376 g/mol. The second-order valence-electron chi connectivity index (χ2n) is 9.99. The van der Waals surface area contributed by atoms with E-state index in [1.807, 2.05) is 0 Å². The van der Waals surface area contributed by atoms with E-state index in [4.69, 9.17) is 14.2 Å². The molecule has 27 heavy (non-hydrogen) atoms. The Labute approximate surface area is 161 Å². The molecule has 0 aromatic heterocycles. The number of allylic oxidation sites excluding steroid dienone is 1. The molecule has 0 N–H and O–H groups in total. The van der Waals surface area contributed by atoms with Gasteiger partial charge in [-0.1, -0.05) is 32.9 Å². The molecular weight excluding hydrogens is 344 g/mol. The first-order chi connectivity index (χ1) is 12.6. The zero-order chi connectivity index (χ0) is 19.6. The predicted octanol–water partition coefficient (Wildman–Crippen LogP) is 4.21. The van der Waals surface area contributed by atoms with Gasteiger partial charge in [0.25, 0.3) is 0 Å². The van der Waals surface area contributed by atoms with Crippen LogP contribution < -0.4 is 0 Å². The second kappa shape index (κ2) is 6.33. The summed E-state index contributed by atoms with van der Waals surface area (Å²) in [5, 5.41) is 0. The van der Waals surface area contributed by atoms with Crippen LogP contribution in [-0.2, 0) is 23.8 Å². The molecule has 5 heteroatoms. The average molecular weight is 376 g/mol. The first-order valence-corrected chi connectivity index (χ1v) is 10.3. The summed E-state index contributed by atoms with van der Waals surface area (Å²) >= 11 is 0. The molecule has 4 aliphatic rings. The van der Waals surface area contributed by atoms with E-state index in [2.05, 4.69) is 27.4 Å². The SMILES string of the molecule is C=C1CCCC(C)(C)C2CC[C@@](C)([C@@H]3[C@@H](OC(C)=O)O[C@@H]4OC(=O)C[C@@H]43)C12. The molecule has 2 unspecified atom stereocenters. The molecule has 2 saturated heterocycles. The molecular formula is C22H32O5. The van der Waals surface area contributed by atoms with Crippen LogP contribution in [0.15, 0.2) is 12.2 Å². The Bertz CT molecular complexity index is 668. The summed E-state index contributed by atoms with van der Waals surface area (Å²) in [5.74, 6) is 0.260. The van der Waals surface area contributed by atoms with Gasteiger partial charge in [0.2, 0.25) is 12.6 Å². The molecule has 5 nitrogen and oxygen atoms in total. The minimum Gasteiger partial charge on any atom is -0.435 e. The number of ether oxygens (including phenoxy) is 3. The largest absolute Gasteiger partial charge is 0.435 e. The topological polar surface area (TPSA) is 61.8 Å². The van der Waals surface area contributed by atoms with Crippen LogP contribution in [0, 0.1) is 34.5 Å². The van der Waals surface area contributed by atoms with E-state index >= 15 is 0 Å². The van der Waals surface area contributed by atoms with Gasteiger partial charge in [0, 0.05) is 18.8 Å². The minimum atomic E-state index is -0.645. The van der Waals surface area contributed by atoms with Crippen molar-refractivity contribution in [1.29, 1.82) is 0 Å². The molecule has 0 radical (unpaired) electrons. The molecule has 0 bridgehead atoms. The minimum absolute atomic E-state index is 0.0431. The highest BCUT2D eigenvalue weighted by Crippen LogP contribution is 2.65. The molecule has 0 aromatic carbocycles. The van der Waals surface area contributed by atoms with Crippen molar-refractivity contribution in [2.75, 3.05) is 0 Å². The van der Waals surface area contributed by atoms with E-state index in [-0.39, 0.29) is 34.6 Å². The maximum Gasteiger partial charge on any atom is 0.308 e. The Morgan fingerprint density at radius 3 is 2.70 bits per heavy atom. The third-order valence-electron chi connectivity index (χ3n) is 7.94. The van der Waals surface area contributed by atoms with E-state index in [0.717, 1.165) is 19.3 Å². The van der Waals surface area contributed by atoms with Gasteiger partial charge in [-0.2, -0.15) is 0 Å². The lowest BCUT2D eigenvalue weighted by Gasteiger charge is -2.44. The summed E-state index contributed by atoms with van der Waals surface area (Å²) in [7, 11) is 0. The lowest BCUT2D eigenvalue weighted by molar-refractivity contribution is -0.214. The zero-order valence-corrected chi connectivity index (χ0v) is 17.0. The third-order valence-corrected chi connectivity index (χ3v) is 7.94. The van der Waals surface area contributed by atoms with Crippen molar-refractivity contribution in [2.45, 2.75) is 78.8 Å². The molecule has 150 valence electrons. The highest BCUT2D eigenvalue weighted by molar-refractivity contribution is 5.72. The maximum atomic E-state index is 11.9. The third kappa shape index (κ3) is 2.93. The van der Waals surface area contributed by atoms with Gasteiger partial charge in [0.05, 0.1) is 6.42 Å². The number of fused-ring (bicyclic) bond motifs is 2. The van der Waals surface area contributed by atoms with Crippen molar-refractivity contribution >= 4 is 11.9 Å². The summed E-state index contributed by atoms with van der Waals surface area (Å²) in [6.45, 7) is 13.0. The Morgan fingerprint density at radius 2 is 2.00 bits per heavy atom. The van der Waals surface area contributed by atoms with Gasteiger partial charge in [-0.05, 0) is 54.8 Å². The number of hydrogen-bond acceptors (Lipinski definition) is 5. The van der Waals surface area contributed by atoms with Crippen LogP contribution in [-0.4, -0.2) is 24.5 Å². The zero-order valence-electron chi connectivity index (χ0n) is 17.0. The lowest BCUT2D eigenvalue weighted by Crippen LogP contribution is -2.44. The smallest absolute Gasteiger partial charge is 0.308 e. The van der Waals surface area contributed by atoms with Crippen molar-refractivity contribution in [1.82, 2.24) is 0 Å². The number of carbonyl (C=O) groups excluding carboxylic acids is 2. The molecule has 2 heterocycles. The van der Waals surface area contributed by atoms with E-state index in [0.29, 0.717) is 18.3 Å². The summed E-state index contributed by atoms with van der Waals surface area (Å²) < 4.78 is 16.9. The Hall–Kier alpha value is -1.36. The van der Waals surface area contributed by atoms with Gasteiger partial charge in [0.15, 0.2) is 0 Å². The van der Waals surface area contributed by atoms with Gasteiger partial charge in [0.1, 0.15) is 0 Å². The predicted molar refractivity (Wildman–Crippen MR) is 99.2 cm³/mol. The fraction of sp³-hybridized carbons (Fsp3) is 0.818. The first kappa shape index (κ1) is 19.0. The van der Waals surface area contributed by atoms with Crippen molar-refractivity contribution < 1.29 is 23.8 Å². The number of esters is 2. The summed E-state index contributed by atoms with van der Waals surface area (Å²) in [6, 6.07) is 0. The molecule has 0 aromatic rings. The first-order valence-electron chi connectivity index (χ1n) is 10.3. The molecule has 2 aliphatic heterocycles. The number of rotatable bonds is 2. The fourth-order valence-corrected chi connectivity index (χ4v) is 6.79. The van der Waals surface area contributed by atoms with Crippen LogP contribution >= 0.6 is 0 Å². The van der Waals surface area contributed by atoms with Crippen LogP contribution in [0.25, 0.3) is 0 Å². The van der Waals surface area contributed by atoms with Gasteiger partial charge in [-0.3, -0.25) is 9.59 Å². The van der Waals surface area contributed by atoms with Crippen molar-refractivity contribution in [3.05, 3.63) is 12.2 Å². The molecule has 7 atom stereocenters. The van der Waals surface area contributed by atoms with Crippen molar-refractivity contribution in [3.63, 3.8) is 0 Å². The van der Waals surface area contributed by atoms with Crippen molar-refractivity contribution in [3.8, 4) is 0 Å². The maximum absolute atomic E-state index is 11.9. The highest BCUT2D eigenvalue weighted by atomic mass is 16.8. The van der Waals surface area contributed by atoms with E-state index < -0.39 is 12.6 Å². The van der Waals surface area contributed by atoms with Crippen molar-refractivity contribution in [2.24, 2.45) is 34.5 Å². The van der Waals surface area contributed by atoms with Crippen LogP contribution in [0.5, 0.6) is 0 Å². The van der Waals surface area contributed by atoms with Crippen LogP contribution in [0.2, 0.25) is 0 Å². The van der Waals surface area contributed by atoms with E-state index in [9.17, 15) is 9.59 Å². The molecule has 0 amide bonds. The molecule has 4 fully saturated rings. The van der Waals surface area contributed by atoms with Gasteiger partial charge in [-0.15, -0.1) is 0 Å². The molecule has 0 spiro atoms. The second-order valence-corrected chi connectivity index (χ2v) is 9.99.